The zero-order valence-corrected chi connectivity index (χ0v) is 13.1. The lowest BCUT2D eigenvalue weighted by atomic mass is 10.3. The van der Waals surface area contributed by atoms with Gasteiger partial charge in [-0.05, 0) is 25.5 Å². The Morgan fingerprint density at radius 3 is 2.91 bits per heavy atom. The van der Waals surface area contributed by atoms with Crippen LogP contribution in [-0.4, -0.2) is 14.1 Å². The molecule has 2 aromatic heterocycles. The topological polar surface area (TPSA) is 35.1 Å². The molecule has 22 heavy (non-hydrogen) atoms. The third-order valence-corrected chi connectivity index (χ3v) is 4.40. The van der Waals surface area contributed by atoms with Crippen molar-refractivity contribution in [1.29, 1.82) is 0 Å². The van der Waals surface area contributed by atoms with Gasteiger partial charge in [0.15, 0.2) is 4.80 Å². The van der Waals surface area contributed by atoms with Crippen LogP contribution in [0.3, 0.4) is 0 Å². The molecule has 0 aliphatic carbocycles. The quantitative estimate of drug-likeness (QED) is 0.709. The van der Waals surface area contributed by atoms with E-state index in [4.69, 9.17) is 0 Å². The Balaban J connectivity index is 1.80. The third-order valence-electron chi connectivity index (χ3n) is 3.42. The van der Waals surface area contributed by atoms with Crippen molar-refractivity contribution in [3.63, 3.8) is 0 Å². The summed E-state index contributed by atoms with van der Waals surface area (Å²) in [6.45, 7) is 3.80. The fourth-order valence-electron chi connectivity index (χ4n) is 2.25. The van der Waals surface area contributed by atoms with Crippen LogP contribution < -0.4 is 4.80 Å². The van der Waals surface area contributed by atoms with E-state index in [1.54, 1.807) is 24.4 Å². The summed E-state index contributed by atoms with van der Waals surface area (Å²) < 4.78 is 17.9. The number of aromatic nitrogens is 3. The molecule has 0 atom stereocenters. The standard InChI is InChI=1S/C16H17FN4S/c1-13-11-22-16(19-15-6-3-2-5-14(15)17)21(13)9-4-8-20-10-7-18-12-20/h2-3,5-7,10-12H,4,8-9H2,1H3. The SMILES string of the molecule is Cc1csc(=Nc2ccccc2F)n1CCCn1ccnc1. The molecular formula is C16H17FN4S. The highest BCUT2D eigenvalue weighted by molar-refractivity contribution is 7.07. The summed E-state index contributed by atoms with van der Waals surface area (Å²) in [7, 11) is 0. The van der Waals surface area contributed by atoms with Gasteiger partial charge in [0.25, 0.3) is 0 Å². The molecule has 0 bridgehead atoms. The molecule has 0 saturated heterocycles. The normalized spacial score (nSPS) is 12.0. The molecule has 1 aromatic carbocycles. The summed E-state index contributed by atoms with van der Waals surface area (Å²) in [4.78, 5) is 9.33. The molecule has 0 aliphatic heterocycles. The number of nitrogens with zero attached hydrogens (tertiary/aromatic N) is 4. The van der Waals surface area contributed by atoms with Crippen molar-refractivity contribution in [3.05, 3.63) is 64.7 Å². The summed E-state index contributed by atoms with van der Waals surface area (Å²) in [6, 6.07) is 6.60. The van der Waals surface area contributed by atoms with Crippen molar-refractivity contribution < 1.29 is 4.39 Å². The van der Waals surface area contributed by atoms with E-state index in [1.165, 1.54) is 17.4 Å². The molecule has 2 heterocycles. The van der Waals surface area contributed by atoms with Gasteiger partial charge in [0.1, 0.15) is 11.5 Å². The summed E-state index contributed by atoms with van der Waals surface area (Å²) >= 11 is 1.54. The smallest absolute Gasteiger partial charge is 0.190 e. The first-order chi connectivity index (χ1) is 10.7. The highest BCUT2D eigenvalue weighted by Crippen LogP contribution is 2.16. The van der Waals surface area contributed by atoms with E-state index in [9.17, 15) is 4.39 Å². The van der Waals surface area contributed by atoms with Gasteiger partial charge in [0.2, 0.25) is 0 Å². The van der Waals surface area contributed by atoms with Gasteiger partial charge in [0.05, 0.1) is 6.33 Å². The Labute approximate surface area is 132 Å². The molecule has 3 aromatic rings. The second-order valence-electron chi connectivity index (χ2n) is 5.03. The second kappa shape index (κ2) is 6.70. The minimum absolute atomic E-state index is 0.293. The third kappa shape index (κ3) is 3.33. The van der Waals surface area contributed by atoms with Crippen LogP contribution in [0.2, 0.25) is 0 Å². The van der Waals surface area contributed by atoms with Crippen LogP contribution in [-0.2, 0) is 13.1 Å². The van der Waals surface area contributed by atoms with Crippen LogP contribution in [0.5, 0.6) is 0 Å². The maximum absolute atomic E-state index is 13.7. The molecule has 0 saturated carbocycles. The maximum Gasteiger partial charge on any atom is 0.190 e. The molecule has 3 rings (SSSR count). The molecule has 0 radical (unpaired) electrons. The first-order valence-corrected chi connectivity index (χ1v) is 8.02. The van der Waals surface area contributed by atoms with Crippen molar-refractivity contribution >= 4 is 17.0 Å². The first-order valence-electron chi connectivity index (χ1n) is 7.14. The molecule has 0 aliphatic rings. The molecule has 6 heteroatoms. The predicted octanol–water partition coefficient (Wildman–Crippen LogP) is 3.52. The lowest BCUT2D eigenvalue weighted by Crippen LogP contribution is -2.17. The number of halogens is 1. The van der Waals surface area contributed by atoms with Crippen LogP contribution in [0.25, 0.3) is 0 Å². The minimum atomic E-state index is -0.293. The van der Waals surface area contributed by atoms with E-state index in [-0.39, 0.29) is 5.82 Å². The Hall–Kier alpha value is -2.21. The van der Waals surface area contributed by atoms with Crippen LogP contribution in [0, 0.1) is 12.7 Å². The van der Waals surface area contributed by atoms with Crippen molar-refractivity contribution in [2.75, 3.05) is 0 Å². The van der Waals surface area contributed by atoms with E-state index < -0.39 is 0 Å². The van der Waals surface area contributed by atoms with Gasteiger partial charge in [-0.1, -0.05) is 12.1 Å². The van der Waals surface area contributed by atoms with Crippen LogP contribution >= 0.6 is 11.3 Å². The second-order valence-corrected chi connectivity index (χ2v) is 5.87. The maximum atomic E-state index is 13.7. The molecule has 114 valence electrons. The molecule has 0 N–H and O–H groups in total. The predicted molar refractivity (Wildman–Crippen MR) is 85.5 cm³/mol. The molecule has 0 unspecified atom stereocenters. The number of para-hydroxylation sites is 1. The monoisotopic (exact) mass is 316 g/mol. The first kappa shape index (κ1) is 14.7. The van der Waals surface area contributed by atoms with Crippen LogP contribution in [0.15, 0.2) is 53.4 Å². The van der Waals surface area contributed by atoms with Crippen molar-refractivity contribution in [2.45, 2.75) is 26.4 Å². The number of aryl methyl sites for hydroxylation is 2. The number of benzene rings is 1. The van der Waals surface area contributed by atoms with Gasteiger partial charge in [0, 0.05) is 36.6 Å². The molecule has 0 amide bonds. The van der Waals surface area contributed by atoms with Gasteiger partial charge in [-0.2, -0.15) is 0 Å². The number of imidazole rings is 1. The summed E-state index contributed by atoms with van der Waals surface area (Å²) in [5.41, 5.74) is 1.53. The fourth-order valence-corrected chi connectivity index (χ4v) is 3.17. The zero-order valence-electron chi connectivity index (χ0n) is 12.3. The molecule has 4 nitrogen and oxygen atoms in total. The van der Waals surface area contributed by atoms with E-state index >= 15 is 0 Å². The average molecular weight is 316 g/mol. The van der Waals surface area contributed by atoms with E-state index in [0.29, 0.717) is 5.69 Å². The van der Waals surface area contributed by atoms with Crippen molar-refractivity contribution in [3.8, 4) is 0 Å². The van der Waals surface area contributed by atoms with E-state index in [1.807, 2.05) is 19.4 Å². The molecule has 0 fully saturated rings. The Morgan fingerprint density at radius 2 is 2.14 bits per heavy atom. The van der Waals surface area contributed by atoms with E-state index in [2.05, 4.69) is 24.5 Å². The van der Waals surface area contributed by atoms with Gasteiger partial charge < -0.3 is 9.13 Å². The largest absolute Gasteiger partial charge is 0.337 e. The van der Waals surface area contributed by atoms with Gasteiger partial charge >= 0.3 is 0 Å². The minimum Gasteiger partial charge on any atom is -0.337 e. The van der Waals surface area contributed by atoms with Crippen LogP contribution in [0.1, 0.15) is 12.1 Å². The van der Waals surface area contributed by atoms with Gasteiger partial charge in [-0.15, -0.1) is 11.3 Å². The van der Waals surface area contributed by atoms with Gasteiger partial charge in [-0.3, -0.25) is 0 Å². The highest BCUT2D eigenvalue weighted by atomic mass is 32.1. The summed E-state index contributed by atoms with van der Waals surface area (Å²) in [5, 5.41) is 2.05. The Bertz CT molecular complexity index is 802. The number of thiazole rings is 1. The fraction of sp³-hybridized carbons (Fsp3) is 0.250. The highest BCUT2D eigenvalue weighted by Gasteiger charge is 2.04. The van der Waals surface area contributed by atoms with Crippen molar-refractivity contribution in [2.24, 2.45) is 4.99 Å². The summed E-state index contributed by atoms with van der Waals surface area (Å²) in [6.07, 6.45) is 6.52. The lowest BCUT2D eigenvalue weighted by Gasteiger charge is -2.06. The molecule has 0 spiro atoms. The number of hydrogen-bond donors (Lipinski definition) is 0. The van der Waals surface area contributed by atoms with Crippen LogP contribution in [0.4, 0.5) is 10.1 Å². The van der Waals surface area contributed by atoms with E-state index in [0.717, 1.165) is 30.0 Å². The Morgan fingerprint density at radius 1 is 1.27 bits per heavy atom. The average Bonchev–Trinajstić information content (AvgIpc) is 3.14. The lowest BCUT2D eigenvalue weighted by molar-refractivity contribution is 0.548. The molecular weight excluding hydrogens is 299 g/mol. The number of hydrogen-bond acceptors (Lipinski definition) is 3. The Kier molecular flexibility index (Phi) is 4.48. The number of rotatable bonds is 5. The zero-order chi connectivity index (χ0) is 15.4. The summed E-state index contributed by atoms with van der Waals surface area (Å²) in [5.74, 6) is -0.293. The van der Waals surface area contributed by atoms with Gasteiger partial charge in [-0.25, -0.2) is 14.4 Å². The van der Waals surface area contributed by atoms with Crippen molar-refractivity contribution in [1.82, 2.24) is 14.1 Å².